The van der Waals surface area contributed by atoms with Crippen LogP contribution < -0.4 is 15.4 Å². The van der Waals surface area contributed by atoms with E-state index in [2.05, 4.69) is 10.6 Å². The van der Waals surface area contributed by atoms with Crippen molar-refractivity contribution in [2.45, 2.75) is 20.8 Å². The van der Waals surface area contributed by atoms with Crippen molar-refractivity contribution < 1.29 is 14.3 Å². The molecule has 0 aliphatic rings. The van der Waals surface area contributed by atoms with Crippen LogP contribution in [0.3, 0.4) is 0 Å². The van der Waals surface area contributed by atoms with Crippen LogP contribution in [0.5, 0.6) is 5.75 Å². The SMILES string of the molecule is Cc1ccc(C(=O)NCCNC(=O)COc2cc(C)c(Cl)c(C)c2)cc1. The van der Waals surface area contributed by atoms with E-state index in [0.717, 1.165) is 16.7 Å². The van der Waals surface area contributed by atoms with Crippen molar-refractivity contribution >= 4 is 23.4 Å². The summed E-state index contributed by atoms with van der Waals surface area (Å²) in [5.41, 5.74) is 3.50. The molecule has 5 nitrogen and oxygen atoms in total. The highest BCUT2D eigenvalue weighted by Crippen LogP contribution is 2.25. The first-order valence-corrected chi connectivity index (χ1v) is 8.75. The molecule has 6 heteroatoms. The second-order valence-corrected chi connectivity index (χ2v) is 6.51. The molecular formula is C20H23ClN2O3. The van der Waals surface area contributed by atoms with Crippen molar-refractivity contribution in [1.29, 1.82) is 0 Å². The van der Waals surface area contributed by atoms with E-state index >= 15 is 0 Å². The van der Waals surface area contributed by atoms with Gasteiger partial charge in [-0.25, -0.2) is 0 Å². The minimum atomic E-state index is -0.250. The van der Waals surface area contributed by atoms with Crippen LogP contribution in [0.2, 0.25) is 5.02 Å². The number of amides is 2. The van der Waals surface area contributed by atoms with Crippen molar-refractivity contribution in [2.75, 3.05) is 19.7 Å². The number of halogens is 1. The number of hydrogen-bond donors (Lipinski definition) is 2. The molecule has 0 saturated carbocycles. The van der Waals surface area contributed by atoms with Crippen molar-refractivity contribution in [2.24, 2.45) is 0 Å². The maximum atomic E-state index is 11.9. The Kier molecular flexibility index (Phi) is 7.04. The number of carbonyl (C=O) groups is 2. The summed E-state index contributed by atoms with van der Waals surface area (Å²) in [6.07, 6.45) is 0. The lowest BCUT2D eigenvalue weighted by Gasteiger charge is -2.11. The van der Waals surface area contributed by atoms with E-state index in [-0.39, 0.29) is 18.4 Å². The first-order valence-electron chi connectivity index (χ1n) is 8.38. The van der Waals surface area contributed by atoms with Gasteiger partial charge in [0.25, 0.3) is 11.8 Å². The Hall–Kier alpha value is -2.53. The van der Waals surface area contributed by atoms with Crippen LogP contribution in [-0.2, 0) is 4.79 Å². The molecule has 0 unspecified atom stereocenters. The molecule has 0 heterocycles. The molecule has 0 aromatic heterocycles. The third-order valence-corrected chi connectivity index (χ3v) is 4.42. The number of rotatable bonds is 7. The number of ether oxygens (including phenoxy) is 1. The Labute approximate surface area is 158 Å². The predicted octanol–water partition coefficient (Wildman–Crippen LogP) is 3.19. The van der Waals surface area contributed by atoms with E-state index in [1.807, 2.05) is 32.9 Å². The Morgan fingerprint density at radius 3 is 2.15 bits per heavy atom. The Balaban J connectivity index is 1.69. The highest BCUT2D eigenvalue weighted by Gasteiger charge is 2.07. The van der Waals surface area contributed by atoms with Gasteiger partial charge in [0.05, 0.1) is 0 Å². The molecule has 2 amide bonds. The molecule has 0 aliphatic heterocycles. The maximum Gasteiger partial charge on any atom is 0.258 e. The molecule has 2 rings (SSSR count). The van der Waals surface area contributed by atoms with Crippen molar-refractivity contribution in [3.63, 3.8) is 0 Å². The smallest absolute Gasteiger partial charge is 0.258 e. The van der Waals surface area contributed by atoms with Crippen LogP contribution in [0.1, 0.15) is 27.0 Å². The summed E-state index contributed by atoms with van der Waals surface area (Å²) in [6.45, 7) is 6.33. The zero-order chi connectivity index (χ0) is 19.1. The Bertz CT molecular complexity index is 765. The zero-order valence-electron chi connectivity index (χ0n) is 15.2. The molecule has 0 spiro atoms. The first kappa shape index (κ1) is 19.8. The minimum absolute atomic E-state index is 0.0909. The predicted molar refractivity (Wildman–Crippen MR) is 103 cm³/mol. The van der Waals surface area contributed by atoms with Gasteiger partial charge in [-0.3, -0.25) is 9.59 Å². The molecule has 0 radical (unpaired) electrons. The number of nitrogens with one attached hydrogen (secondary N) is 2. The summed E-state index contributed by atoms with van der Waals surface area (Å²) in [6, 6.07) is 10.9. The van der Waals surface area contributed by atoms with Crippen molar-refractivity contribution in [1.82, 2.24) is 10.6 Å². The topological polar surface area (TPSA) is 67.4 Å². The summed E-state index contributed by atoms with van der Waals surface area (Å²) in [7, 11) is 0. The monoisotopic (exact) mass is 374 g/mol. The summed E-state index contributed by atoms with van der Waals surface area (Å²) in [4.78, 5) is 23.8. The van der Waals surface area contributed by atoms with Crippen LogP contribution in [0.15, 0.2) is 36.4 Å². The highest BCUT2D eigenvalue weighted by atomic mass is 35.5. The van der Waals surface area contributed by atoms with Gasteiger partial charge in [0.1, 0.15) is 5.75 Å². The quantitative estimate of drug-likeness (QED) is 0.731. The fourth-order valence-corrected chi connectivity index (χ4v) is 2.48. The van der Waals surface area contributed by atoms with E-state index in [1.165, 1.54) is 0 Å². The second-order valence-electron chi connectivity index (χ2n) is 6.13. The molecule has 0 fully saturated rings. The average Bonchev–Trinajstić information content (AvgIpc) is 2.61. The molecule has 0 atom stereocenters. The summed E-state index contributed by atoms with van der Waals surface area (Å²) < 4.78 is 5.49. The Morgan fingerprint density at radius 1 is 0.962 bits per heavy atom. The lowest BCUT2D eigenvalue weighted by molar-refractivity contribution is -0.123. The first-order chi connectivity index (χ1) is 12.4. The molecule has 0 saturated heterocycles. The minimum Gasteiger partial charge on any atom is -0.484 e. The van der Waals surface area contributed by atoms with Gasteiger partial charge in [0.2, 0.25) is 0 Å². The van der Waals surface area contributed by atoms with E-state index in [0.29, 0.717) is 29.4 Å². The van der Waals surface area contributed by atoms with E-state index in [9.17, 15) is 9.59 Å². The van der Waals surface area contributed by atoms with Crippen molar-refractivity contribution in [3.05, 3.63) is 63.7 Å². The van der Waals surface area contributed by atoms with Crippen LogP contribution >= 0.6 is 11.6 Å². The molecule has 2 aromatic rings. The number of benzene rings is 2. The molecular weight excluding hydrogens is 352 g/mol. The van der Waals surface area contributed by atoms with Gasteiger partial charge in [-0.05, 0) is 56.2 Å². The van der Waals surface area contributed by atoms with Gasteiger partial charge in [0, 0.05) is 23.7 Å². The van der Waals surface area contributed by atoms with Crippen molar-refractivity contribution in [3.8, 4) is 5.75 Å². The number of hydrogen-bond acceptors (Lipinski definition) is 3. The van der Waals surface area contributed by atoms with Gasteiger partial charge < -0.3 is 15.4 Å². The third kappa shape index (κ3) is 5.77. The van der Waals surface area contributed by atoms with Gasteiger partial charge in [-0.15, -0.1) is 0 Å². The van der Waals surface area contributed by atoms with E-state index in [1.54, 1.807) is 24.3 Å². The number of carbonyl (C=O) groups excluding carboxylic acids is 2. The van der Waals surface area contributed by atoms with Gasteiger partial charge in [0.15, 0.2) is 6.61 Å². The summed E-state index contributed by atoms with van der Waals surface area (Å²) >= 11 is 6.10. The molecule has 138 valence electrons. The average molecular weight is 375 g/mol. The largest absolute Gasteiger partial charge is 0.484 e. The summed E-state index contributed by atoms with van der Waals surface area (Å²) in [5, 5.41) is 6.16. The molecule has 0 aliphatic carbocycles. The lowest BCUT2D eigenvalue weighted by atomic mass is 10.1. The third-order valence-electron chi connectivity index (χ3n) is 3.83. The Morgan fingerprint density at radius 2 is 1.54 bits per heavy atom. The van der Waals surface area contributed by atoms with E-state index in [4.69, 9.17) is 16.3 Å². The van der Waals surface area contributed by atoms with Crippen LogP contribution in [0, 0.1) is 20.8 Å². The molecule has 26 heavy (non-hydrogen) atoms. The molecule has 0 bridgehead atoms. The fourth-order valence-electron chi connectivity index (χ4n) is 2.37. The van der Waals surface area contributed by atoms with Gasteiger partial charge in [-0.2, -0.15) is 0 Å². The van der Waals surface area contributed by atoms with Gasteiger partial charge >= 0.3 is 0 Å². The van der Waals surface area contributed by atoms with Crippen LogP contribution in [-0.4, -0.2) is 31.5 Å². The number of aryl methyl sites for hydroxylation is 3. The molecule has 2 N–H and O–H groups in total. The zero-order valence-corrected chi connectivity index (χ0v) is 15.9. The van der Waals surface area contributed by atoms with E-state index < -0.39 is 0 Å². The lowest BCUT2D eigenvalue weighted by Crippen LogP contribution is -2.36. The molecule has 2 aromatic carbocycles. The van der Waals surface area contributed by atoms with Crippen LogP contribution in [0.4, 0.5) is 0 Å². The summed E-state index contributed by atoms with van der Waals surface area (Å²) in [5.74, 6) is 0.190. The second kappa shape index (κ2) is 9.25. The standard InChI is InChI=1S/C20H23ClN2O3/c1-13-4-6-16(7-5-13)20(25)23-9-8-22-18(24)12-26-17-10-14(2)19(21)15(3)11-17/h4-7,10-11H,8-9,12H2,1-3H3,(H,22,24)(H,23,25). The van der Waals surface area contributed by atoms with Gasteiger partial charge in [-0.1, -0.05) is 29.3 Å². The maximum absolute atomic E-state index is 11.9. The van der Waals surface area contributed by atoms with Crippen LogP contribution in [0.25, 0.3) is 0 Å². The normalized spacial score (nSPS) is 10.3. The highest BCUT2D eigenvalue weighted by molar-refractivity contribution is 6.32. The fraction of sp³-hybridized carbons (Fsp3) is 0.300.